The number of ether oxygens (including phenoxy) is 1. The summed E-state index contributed by atoms with van der Waals surface area (Å²) < 4.78 is 18.3. The molecule has 0 amide bonds. The van der Waals surface area contributed by atoms with E-state index < -0.39 is 0 Å². The number of nitrogens with two attached hydrogens (primary N) is 1. The van der Waals surface area contributed by atoms with E-state index >= 15 is 0 Å². The second-order valence-corrected chi connectivity index (χ2v) is 5.07. The van der Waals surface area contributed by atoms with Crippen molar-refractivity contribution in [3.05, 3.63) is 30.1 Å². The Labute approximate surface area is 108 Å². The first-order valence-electron chi connectivity index (χ1n) is 6.47. The van der Waals surface area contributed by atoms with Crippen LogP contribution in [0.25, 0.3) is 0 Å². The minimum Gasteiger partial charge on any atom is -0.492 e. The number of halogens is 1. The predicted octanol–water partition coefficient (Wildman–Crippen LogP) is 1.87. The molecule has 2 rings (SSSR count). The zero-order chi connectivity index (χ0) is 13.0. The highest BCUT2D eigenvalue weighted by Gasteiger charge is 2.22. The van der Waals surface area contributed by atoms with E-state index in [-0.39, 0.29) is 11.9 Å². The van der Waals surface area contributed by atoms with Crippen molar-refractivity contribution in [1.29, 1.82) is 0 Å². The van der Waals surface area contributed by atoms with Gasteiger partial charge in [-0.1, -0.05) is 0 Å². The number of benzene rings is 1. The van der Waals surface area contributed by atoms with E-state index in [9.17, 15) is 4.39 Å². The van der Waals surface area contributed by atoms with Crippen molar-refractivity contribution in [3.8, 4) is 5.75 Å². The Morgan fingerprint density at radius 2 is 1.94 bits per heavy atom. The number of piperidine rings is 1. The molecule has 3 nitrogen and oxygen atoms in total. The highest BCUT2D eigenvalue weighted by molar-refractivity contribution is 5.22. The number of nitrogens with zero attached hydrogens (tertiary/aromatic N) is 1. The van der Waals surface area contributed by atoms with Crippen LogP contribution in [0.1, 0.15) is 12.8 Å². The zero-order valence-corrected chi connectivity index (χ0v) is 10.8. The summed E-state index contributed by atoms with van der Waals surface area (Å²) in [5.74, 6) is 0.961. The molecule has 4 heteroatoms. The van der Waals surface area contributed by atoms with Crippen molar-refractivity contribution in [1.82, 2.24) is 4.90 Å². The summed E-state index contributed by atoms with van der Waals surface area (Å²) in [5.41, 5.74) is 6.15. The molecule has 100 valence electrons. The summed E-state index contributed by atoms with van der Waals surface area (Å²) in [6.07, 6.45) is 2.26. The monoisotopic (exact) mass is 252 g/mol. The first-order chi connectivity index (χ1) is 8.65. The van der Waals surface area contributed by atoms with Crippen LogP contribution < -0.4 is 10.5 Å². The molecule has 18 heavy (non-hydrogen) atoms. The van der Waals surface area contributed by atoms with Crippen LogP contribution in [0.15, 0.2) is 24.3 Å². The van der Waals surface area contributed by atoms with Crippen molar-refractivity contribution >= 4 is 0 Å². The summed E-state index contributed by atoms with van der Waals surface area (Å²) in [4.78, 5) is 2.32. The molecule has 1 aliphatic heterocycles. The van der Waals surface area contributed by atoms with Crippen LogP contribution in [0.5, 0.6) is 5.75 Å². The summed E-state index contributed by atoms with van der Waals surface area (Å²) in [6.45, 7) is 2.71. The maximum absolute atomic E-state index is 12.7. The summed E-state index contributed by atoms with van der Waals surface area (Å²) in [5, 5.41) is 0. The molecule has 0 bridgehead atoms. The van der Waals surface area contributed by atoms with Gasteiger partial charge in [0.1, 0.15) is 18.2 Å². The predicted molar refractivity (Wildman–Crippen MR) is 70.1 cm³/mol. The maximum atomic E-state index is 12.7. The molecule has 1 unspecified atom stereocenters. The lowest BCUT2D eigenvalue weighted by Gasteiger charge is -2.32. The number of likely N-dealkylation sites (tertiary alicyclic amines) is 1. The molecule has 1 saturated heterocycles. The van der Waals surface area contributed by atoms with Crippen LogP contribution in [0.4, 0.5) is 4.39 Å². The van der Waals surface area contributed by atoms with Crippen molar-refractivity contribution in [2.24, 2.45) is 11.7 Å². The lowest BCUT2D eigenvalue weighted by atomic mass is 9.90. The fraction of sp³-hybridized carbons (Fsp3) is 0.571. The summed E-state index contributed by atoms with van der Waals surface area (Å²) in [6, 6.07) is 6.13. The van der Waals surface area contributed by atoms with Crippen LogP contribution in [-0.2, 0) is 0 Å². The minimum atomic E-state index is -0.248. The third kappa shape index (κ3) is 3.68. The van der Waals surface area contributed by atoms with E-state index in [1.807, 2.05) is 0 Å². The largest absolute Gasteiger partial charge is 0.492 e. The first kappa shape index (κ1) is 13.3. The van der Waals surface area contributed by atoms with Gasteiger partial charge in [-0.15, -0.1) is 0 Å². The van der Waals surface area contributed by atoms with Gasteiger partial charge in [0.25, 0.3) is 0 Å². The molecular weight excluding hydrogens is 231 g/mol. The fourth-order valence-corrected chi connectivity index (χ4v) is 2.32. The van der Waals surface area contributed by atoms with E-state index in [1.165, 1.54) is 12.1 Å². The molecule has 1 fully saturated rings. The number of rotatable bonds is 4. The van der Waals surface area contributed by atoms with Gasteiger partial charge in [-0.05, 0) is 63.2 Å². The molecule has 0 spiro atoms. The van der Waals surface area contributed by atoms with Gasteiger partial charge >= 0.3 is 0 Å². The fourth-order valence-electron chi connectivity index (χ4n) is 2.32. The van der Waals surface area contributed by atoms with Gasteiger partial charge in [-0.3, -0.25) is 0 Å². The molecule has 0 aromatic heterocycles. The Bertz CT molecular complexity index is 361. The molecule has 0 aliphatic carbocycles. The molecular formula is C14H21FN2O. The van der Waals surface area contributed by atoms with E-state index in [1.54, 1.807) is 12.1 Å². The third-order valence-electron chi connectivity index (χ3n) is 3.62. The van der Waals surface area contributed by atoms with Gasteiger partial charge in [-0.25, -0.2) is 4.39 Å². The van der Waals surface area contributed by atoms with Crippen molar-refractivity contribution in [2.75, 3.05) is 26.7 Å². The van der Waals surface area contributed by atoms with Crippen LogP contribution in [0.3, 0.4) is 0 Å². The summed E-state index contributed by atoms with van der Waals surface area (Å²) in [7, 11) is 2.14. The van der Waals surface area contributed by atoms with Crippen LogP contribution in [0.2, 0.25) is 0 Å². The molecule has 1 aromatic carbocycles. The standard InChI is InChI=1S/C14H21FN2O/c1-17-8-6-11(7-9-17)14(16)10-18-13-4-2-12(15)3-5-13/h2-5,11,14H,6-10,16H2,1H3. The molecule has 2 N–H and O–H groups in total. The van der Waals surface area contributed by atoms with E-state index in [4.69, 9.17) is 10.5 Å². The lowest BCUT2D eigenvalue weighted by molar-refractivity contribution is 0.166. The number of hydrogen-bond donors (Lipinski definition) is 1. The smallest absolute Gasteiger partial charge is 0.123 e. The second-order valence-electron chi connectivity index (χ2n) is 5.07. The van der Waals surface area contributed by atoms with Crippen molar-refractivity contribution < 1.29 is 9.13 Å². The minimum absolute atomic E-state index is 0.0590. The Kier molecular flexibility index (Phi) is 4.55. The van der Waals surface area contributed by atoms with Crippen molar-refractivity contribution in [3.63, 3.8) is 0 Å². The Hall–Kier alpha value is -1.13. The van der Waals surface area contributed by atoms with Gasteiger partial charge < -0.3 is 15.4 Å². The quantitative estimate of drug-likeness (QED) is 0.889. The molecule has 1 atom stereocenters. The Morgan fingerprint density at radius 3 is 2.56 bits per heavy atom. The van der Waals surface area contributed by atoms with Gasteiger partial charge in [0, 0.05) is 6.04 Å². The maximum Gasteiger partial charge on any atom is 0.123 e. The lowest BCUT2D eigenvalue weighted by Crippen LogP contribution is -2.42. The summed E-state index contributed by atoms with van der Waals surface area (Å²) >= 11 is 0. The van der Waals surface area contributed by atoms with Gasteiger partial charge in [0.05, 0.1) is 0 Å². The van der Waals surface area contributed by atoms with E-state index in [2.05, 4.69) is 11.9 Å². The van der Waals surface area contributed by atoms with E-state index in [0.29, 0.717) is 18.3 Å². The highest BCUT2D eigenvalue weighted by Crippen LogP contribution is 2.19. The van der Waals surface area contributed by atoms with Gasteiger partial charge in [0.2, 0.25) is 0 Å². The van der Waals surface area contributed by atoms with Gasteiger partial charge in [-0.2, -0.15) is 0 Å². The SMILES string of the molecule is CN1CCC(C(N)COc2ccc(F)cc2)CC1. The normalized spacial score (nSPS) is 19.7. The molecule has 0 radical (unpaired) electrons. The second kappa shape index (κ2) is 6.16. The van der Waals surface area contributed by atoms with E-state index in [0.717, 1.165) is 25.9 Å². The topological polar surface area (TPSA) is 38.5 Å². The Morgan fingerprint density at radius 1 is 1.33 bits per heavy atom. The van der Waals surface area contributed by atoms with Crippen molar-refractivity contribution in [2.45, 2.75) is 18.9 Å². The Balaban J connectivity index is 1.77. The third-order valence-corrected chi connectivity index (χ3v) is 3.62. The van der Waals surface area contributed by atoms with Crippen LogP contribution in [-0.4, -0.2) is 37.7 Å². The average molecular weight is 252 g/mol. The van der Waals surface area contributed by atoms with Crippen LogP contribution in [0, 0.1) is 11.7 Å². The average Bonchev–Trinajstić information content (AvgIpc) is 2.38. The first-order valence-corrected chi connectivity index (χ1v) is 6.47. The highest BCUT2D eigenvalue weighted by atomic mass is 19.1. The molecule has 0 saturated carbocycles. The molecule has 1 aliphatic rings. The number of hydrogen-bond acceptors (Lipinski definition) is 3. The molecule has 1 aromatic rings. The molecule has 1 heterocycles. The van der Waals surface area contributed by atoms with Crippen LogP contribution >= 0.6 is 0 Å². The van der Waals surface area contributed by atoms with Gasteiger partial charge in [0.15, 0.2) is 0 Å². The zero-order valence-electron chi connectivity index (χ0n) is 10.8.